The van der Waals surface area contributed by atoms with Crippen LogP contribution in [0.5, 0.6) is 0 Å². The van der Waals surface area contributed by atoms with Crippen LogP contribution in [0.25, 0.3) is 0 Å². The zero-order valence-electron chi connectivity index (χ0n) is 12.2. The summed E-state index contributed by atoms with van der Waals surface area (Å²) in [7, 11) is 0. The summed E-state index contributed by atoms with van der Waals surface area (Å²) in [6.07, 6.45) is 1.03. The SMILES string of the molecule is Cc1ccc2c(c1)N(CC(=O)NN)C(C)(C)C[C@H]2C. The van der Waals surface area contributed by atoms with E-state index in [1.807, 2.05) is 0 Å². The molecule has 0 unspecified atom stereocenters. The van der Waals surface area contributed by atoms with Gasteiger partial charge in [0.05, 0.1) is 6.54 Å². The van der Waals surface area contributed by atoms with Crippen LogP contribution in [0.3, 0.4) is 0 Å². The van der Waals surface area contributed by atoms with E-state index in [-0.39, 0.29) is 11.4 Å². The van der Waals surface area contributed by atoms with E-state index in [0.717, 1.165) is 12.1 Å². The molecule has 1 amide bonds. The van der Waals surface area contributed by atoms with Gasteiger partial charge in [-0.1, -0.05) is 19.1 Å². The summed E-state index contributed by atoms with van der Waals surface area (Å²) in [6.45, 7) is 8.98. The average Bonchev–Trinajstić information content (AvgIpc) is 2.33. The second kappa shape index (κ2) is 4.85. The van der Waals surface area contributed by atoms with Crippen molar-refractivity contribution in [2.24, 2.45) is 5.84 Å². The lowest BCUT2D eigenvalue weighted by molar-refractivity contribution is -0.120. The number of fused-ring (bicyclic) bond motifs is 1. The molecule has 4 nitrogen and oxygen atoms in total. The fourth-order valence-electron chi connectivity index (χ4n) is 3.09. The molecule has 0 saturated carbocycles. The zero-order chi connectivity index (χ0) is 14.2. The Morgan fingerprint density at radius 2 is 2.21 bits per heavy atom. The molecular weight excluding hydrogens is 238 g/mol. The van der Waals surface area contributed by atoms with Gasteiger partial charge >= 0.3 is 0 Å². The summed E-state index contributed by atoms with van der Waals surface area (Å²) < 4.78 is 0. The van der Waals surface area contributed by atoms with Gasteiger partial charge in [0.25, 0.3) is 5.91 Å². The minimum atomic E-state index is -0.157. The summed E-state index contributed by atoms with van der Waals surface area (Å²) in [6, 6.07) is 6.48. The topological polar surface area (TPSA) is 58.4 Å². The van der Waals surface area contributed by atoms with Gasteiger partial charge in [0, 0.05) is 11.2 Å². The van der Waals surface area contributed by atoms with E-state index >= 15 is 0 Å². The van der Waals surface area contributed by atoms with E-state index in [2.05, 4.69) is 56.2 Å². The maximum Gasteiger partial charge on any atom is 0.253 e. The molecule has 1 atom stereocenters. The van der Waals surface area contributed by atoms with Crippen LogP contribution in [0.15, 0.2) is 18.2 Å². The number of carbonyl (C=O) groups excluding carboxylic acids is 1. The fraction of sp³-hybridized carbons (Fsp3) is 0.533. The minimum absolute atomic E-state index is 0.0489. The highest BCUT2D eigenvalue weighted by atomic mass is 16.2. The number of amides is 1. The zero-order valence-corrected chi connectivity index (χ0v) is 12.2. The number of nitrogens with zero attached hydrogens (tertiary/aromatic N) is 1. The maximum absolute atomic E-state index is 11.7. The summed E-state index contributed by atoms with van der Waals surface area (Å²) in [4.78, 5) is 13.8. The van der Waals surface area contributed by atoms with Gasteiger partial charge in [-0.25, -0.2) is 5.84 Å². The Morgan fingerprint density at radius 1 is 1.53 bits per heavy atom. The number of rotatable bonds is 2. The molecule has 0 fully saturated rings. The van der Waals surface area contributed by atoms with Crippen LogP contribution in [-0.2, 0) is 4.79 Å². The molecule has 1 aliphatic heterocycles. The average molecular weight is 261 g/mol. The van der Waals surface area contributed by atoms with Crippen LogP contribution in [0, 0.1) is 6.92 Å². The third-order valence-electron chi connectivity index (χ3n) is 4.01. The molecule has 104 valence electrons. The molecule has 0 spiro atoms. The number of nitrogens with one attached hydrogen (secondary N) is 1. The normalized spacial score (nSPS) is 20.9. The third-order valence-corrected chi connectivity index (χ3v) is 4.01. The lowest BCUT2D eigenvalue weighted by Crippen LogP contribution is -2.53. The van der Waals surface area contributed by atoms with Crippen LogP contribution in [0.4, 0.5) is 5.69 Å². The first-order valence-corrected chi connectivity index (χ1v) is 6.73. The molecule has 4 heteroatoms. The highest BCUT2D eigenvalue weighted by molar-refractivity contribution is 5.82. The van der Waals surface area contributed by atoms with Crippen molar-refractivity contribution in [3.05, 3.63) is 29.3 Å². The molecule has 0 radical (unpaired) electrons. The molecule has 19 heavy (non-hydrogen) atoms. The highest BCUT2D eigenvalue weighted by Gasteiger charge is 2.37. The van der Waals surface area contributed by atoms with Crippen molar-refractivity contribution in [1.82, 2.24) is 5.43 Å². The molecule has 0 aliphatic carbocycles. The molecule has 0 bridgehead atoms. The first-order chi connectivity index (χ1) is 8.85. The van der Waals surface area contributed by atoms with Crippen molar-refractivity contribution in [1.29, 1.82) is 0 Å². The van der Waals surface area contributed by atoms with Gasteiger partial charge in [-0.2, -0.15) is 0 Å². The van der Waals surface area contributed by atoms with Crippen molar-refractivity contribution in [3.63, 3.8) is 0 Å². The molecule has 1 aromatic rings. The van der Waals surface area contributed by atoms with E-state index in [0.29, 0.717) is 12.5 Å². The van der Waals surface area contributed by atoms with Gasteiger partial charge < -0.3 is 4.90 Å². The number of nitrogens with two attached hydrogens (primary N) is 1. The fourth-order valence-corrected chi connectivity index (χ4v) is 3.09. The predicted molar refractivity (Wildman–Crippen MR) is 78.0 cm³/mol. The number of benzene rings is 1. The second-order valence-corrected chi connectivity index (χ2v) is 6.13. The Hall–Kier alpha value is -1.55. The molecule has 1 heterocycles. The van der Waals surface area contributed by atoms with Crippen LogP contribution in [-0.4, -0.2) is 18.0 Å². The number of carbonyl (C=O) groups is 1. The molecular formula is C15H23N3O. The molecule has 2 rings (SSSR count). The number of aryl methyl sites for hydroxylation is 1. The third kappa shape index (κ3) is 2.59. The number of hydrogen-bond acceptors (Lipinski definition) is 3. The highest BCUT2D eigenvalue weighted by Crippen LogP contribution is 2.43. The van der Waals surface area contributed by atoms with Crippen LogP contribution >= 0.6 is 0 Å². The minimum Gasteiger partial charge on any atom is -0.357 e. The van der Waals surface area contributed by atoms with Gasteiger partial charge in [0.15, 0.2) is 0 Å². The Labute approximate surface area is 114 Å². The molecule has 0 saturated heterocycles. The van der Waals surface area contributed by atoms with Gasteiger partial charge in [-0.3, -0.25) is 10.2 Å². The van der Waals surface area contributed by atoms with Crippen LogP contribution in [0.1, 0.15) is 44.2 Å². The lowest BCUT2D eigenvalue weighted by Gasteiger charge is -2.47. The van der Waals surface area contributed by atoms with Gasteiger partial charge in [0.1, 0.15) is 0 Å². The summed E-state index contributed by atoms with van der Waals surface area (Å²) in [5.74, 6) is 5.57. The quantitative estimate of drug-likeness (QED) is 0.487. The monoisotopic (exact) mass is 261 g/mol. The summed E-state index contributed by atoms with van der Waals surface area (Å²) >= 11 is 0. The van der Waals surface area contributed by atoms with E-state index in [1.54, 1.807) is 0 Å². The first-order valence-electron chi connectivity index (χ1n) is 6.73. The van der Waals surface area contributed by atoms with Crippen molar-refractivity contribution < 1.29 is 4.79 Å². The van der Waals surface area contributed by atoms with Gasteiger partial charge in [-0.05, 0) is 50.3 Å². The van der Waals surface area contributed by atoms with Crippen molar-refractivity contribution in [2.75, 3.05) is 11.4 Å². The van der Waals surface area contributed by atoms with Crippen molar-refractivity contribution in [2.45, 2.75) is 45.6 Å². The Morgan fingerprint density at radius 3 is 2.84 bits per heavy atom. The lowest BCUT2D eigenvalue weighted by atomic mass is 9.79. The molecule has 1 aliphatic rings. The van der Waals surface area contributed by atoms with Crippen LogP contribution in [0.2, 0.25) is 0 Å². The van der Waals surface area contributed by atoms with E-state index in [1.165, 1.54) is 11.1 Å². The summed E-state index contributed by atoms with van der Waals surface area (Å²) in [5, 5.41) is 0. The van der Waals surface area contributed by atoms with Gasteiger partial charge in [0.2, 0.25) is 0 Å². The largest absolute Gasteiger partial charge is 0.357 e. The number of anilines is 1. The standard InChI is InChI=1S/C15H23N3O/c1-10-5-6-12-11(2)8-15(3,4)18(13(12)7-10)9-14(19)17-16/h5-7,11H,8-9,16H2,1-4H3,(H,17,19)/t11-/m1/s1. The Kier molecular flexibility index (Phi) is 3.54. The molecule has 0 aromatic heterocycles. The van der Waals surface area contributed by atoms with E-state index in [4.69, 9.17) is 5.84 Å². The van der Waals surface area contributed by atoms with E-state index < -0.39 is 0 Å². The van der Waals surface area contributed by atoms with Crippen molar-refractivity contribution >= 4 is 11.6 Å². The second-order valence-electron chi connectivity index (χ2n) is 6.13. The Bertz CT molecular complexity index is 496. The molecule has 3 N–H and O–H groups in total. The predicted octanol–water partition coefficient (Wildman–Crippen LogP) is 2.08. The maximum atomic E-state index is 11.7. The Balaban J connectivity index is 2.47. The molecule has 1 aromatic carbocycles. The van der Waals surface area contributed by atoms with E-state index in [9.17, 15) is 4.79 Å². The first kappa shape index (κ1) is 13.9. The van der Waals surface area contributed by atoms with Crippen LogP contribution < -0.4 is 16.2 Å². The summed E-state index contributed by atoms with van der Waals surface area (Å²) in [5.41, 5.74) is 5.86. The number of hydrazine groups is 1. The number of hydrogen-bond donors (Lipinski definition) is 2. The van der Waals surface area contributed by atoms with Crippen molar-refractivity contribution in [3.8, 4) is 0 Å². The smallest absolute Gasteiger partial charge is 0.253 e. The van der Waals surface area contributed by atoms with Gasteiger partial charge in [-0.15, -0.1) is 0 Å².